The fraction of sp³-hybridized carbons (Fsp3) is 0.222. The summed E-state index contributed by atoms with van der Waals surface area (Å²) in [6.07, 6.45) is 0. The summed E-state index contributed by atoms with van der Waals surface area (Å²) in [5.41, 5.74) is 4.00. The molecular formula is C18H18N2OS2. The zero-order chi connectivity index (χ0) is 16.4. The molecule has 1 aromatic heterocycles. The number of nitrogens with zero attached hydrogens (tertiary/aromatic N) is 1. The van der Waals surface area contributed by atoms with Crippen molar-refractivity contribution in [3.05, 3.63) is 53.1 Å². The Morgan fingerprint density at radius 2 is 1.91 bits per heavy atom. The molecule has 0 aliphatic rings. The molecule has 0 atom stereocenters. The molecule has 1 N–H and O–H groups in total. The highest BCUT2D eigenvalue weighted by molar-refractivity contribution is 7.99. The predicted octanol–water partition coefficient (Wildman–Crippen LogP) is 5.28. The Hall–Kier alpha value is -1.85. The predicted molar refractivity (Wildman–Crippen MR) is 99.9 cm³/mol. The first kappa shape index (κ1) is 16.0. The third-order valence-electron chi connectivity index (χ3n) is 3.73. The minimum atomic E-state index is -0.119. The highest BCUT2D eigenvalue weighted by atomic mass is 32.2. The number of nitrogens with one attached hydrogen (secondary N) is 1. The molecule has 1 amide bonds. The Kier molecular flexibility index (Phi) is 4.68. The number of rotatable bonds is 4. The van der Waals surface area contributed by atoms with Crippen molar-refractivity contribution in [3.8, 4) is 0 Å². The highest BCUT2D eigenvalue weighted by Gasteiger charge is 2.11. The lowest BCUT2D eigenvalue weighted by molar-refractivity contribution is 0.102. The molecule has 0 aliphatic heterocycles. The van der Waals surface area contributed by atoms with Gasteiger partial charge in [0, 0.05) is 10.5 Å². The Morgan fingerprint density at radius 1 is 1.17 bits per heavy atom. The standard InChI is InChI=1S/C18H18N2OS2/c1-4-22-14-8-6-13(7-9-14)17(21)20-18-19-16-12(3)11(2)5-10-15(16)23-18/h5-10H,4H2,1-3H3,(H,19,20,21). The van der Waals surface area contributed by atoms with Crippen molar-refractivity contribution in [2.75, 3.05) is 11.1 Å². The molecule has 0 bridgehead atoms. The quantitative estimate of drug-likeness (QED) is 0.656. The van der Waals surface area contributed by atoms with Crippen LogP contribution in [0.4, 0.5) is 5.13 Å². The average Bonchev–Trinajstić information content (AvgIpc) is 2.95. The number of thiazole rings is 1. The number of fused-ring (bicyclic) bond motifs is 1. The number of thioether (sulfide) groups is 1. The Balaban J connectivity index is 1.81. The lowest BCUT2D eigenvalue weighted by Gasteiger charge is -2.03. The normalized spacial score (nSPS) is 10.9. The van der Waals surface area contributed by atoms with Gasteiger partial charge >= 0.3 is 0 Å². The van der Waals surface area contributed by atoms with Crippen molar-refractivity contribution in [3.63, 3.8) is 0 Å². The third-order valence-corrected chi connectivity index (χ3v) is 5.56. The minimum Gasteiger partial charge on any atom is -0.298 e. The molecule has 1 heterocycles. The molecule has 0 aliphatic carbocycles. The summed E-state index contributed by atoms with van der Waals surface area (Å²) in [7, 11) is 0. The van der Waals surface area contributed by atoms with Crippen LogP contribution in [0.3, 0.4) is 0 Å². The van der Waals surface area contributed by atoms with E-state index in [1.165, 1.54) is 27.4 Å². The van der Waals surface area contributed by atoms with E-state index in [0.717, 1.165) is 16.0 Å². The molecule has 0 radical (unpaired) electrons. The molecule has 3 nitrogen and oxygen atoms in total. The first-order chi connectivity index (χ1) is 11.1. The van der Waals surface area contributed by atoms with Gasteiger partial charge in [-0.05, 0) is 61.1 Å². The van der Waals surface area contributed by atoms with E-state index in [0.29, 0.717) is 10.7 Å². The lowest BCUT2D eigenvalue weighted by atomic mass is 10.1. The summed E-state index contributed by atoms with van der Waals surface area (Å²) in [6, 6.07) is 11.8. The van der Waals surface area contributed by atoms with Gasteiger partial charge in [0.2, 0.25) is 0 Å². The van der Waals surface area contributed by atoms with Crippen molar-refractivity contribution in [2.24, 2.45) is 0 Å². The second-order valence-corrected chi connectivity index (χ2v) is 7.65. The smallest absolute Gasteiger partial charge is 0.257 e. The molecule has 5 heteroatoms. The van der Waals surface area contributed by atoms with E-state index in [9.17, 15) is 4.79 Å². The van der Waals surface area contributed by atoms with Gasteiger partial charge in [0.15, 0.2) is 5.13 Å². The van der Waals surface area contributed by atoms with E-state index in [2.05, 4.69) is 43.2 Å². The SMILES string of the molecule is CCSc1ccc(C(=O)Nc2nc3c(C)c(C)ccc3s2)cc1. The molecule has 3 aromatic rings. The molecular weight excluding hydrogens is 324 g/mol. The molecule has 0 fully saturated rings. The van der Waals surface area contributed by atoms with Gasteiger partial charge in [-0.3, -0.25) is 10.1 Å². The Labute approximate surface area is 144 Å². The van der Waals surface area contributed by atoms with Gasteiger partial charge in [0.25, 0.3) is 5.91 Å². The maximum absolute atomic E-state index is 12.4. The van der Waals surface area contributed by atoms with Crippen LogP contribution in [0.2, 0.25) is 0 Å². The molecule has 3 rings (SSSR count). The van der Waals surface area contributed by atoms with Crippen LogP contribution in [-0.4, -0.2) is 16.6 Å². The summed E-state index contributed by atoms with van der Waals surface area (Å²) in [5.74, 6) is 0.905. The summed E-state index contributed by atoms with van der Waals surface area (Å²) in [6.45, 7) is 6.25. The average molecular weight is 342 g/mol. The van der Waals surface area contributed by atoms with Gasteiger partial charge in [-0.15, -0.1) is 11.8 Å². The molecule has 0 saturated heterocycles. The van der Waals surface area contributed by atoms with Gasteiger partial charge in [0.1, 0.15) is 0 Å². The zero-order valence-corrected chi connectivity index (χ0v) is 15.0. The number of carbonyl (C=O) groups excluding carboxylic acids is 1. The first-order valence-corrected chi connectivity index (χ1v) is 9.29. The van der Waals surface area contributed by atoms with Crippen LogP contribution in [0.15, 0.2) is 41.3 Å². The molecule has 0 unspecified atom stereocenters. The van der Waals surface area contributed by atoms with E-state index in [-0.39, 0.29) is 5.91 Å². The van der Waals surface area contributed by atoms with Crippen LogP contribution >= 0.6 is 23.1 Å². The van der Waals surface area contributed by atoms with E-state index >= 15 is 0 Å². The summed E-state index contributed by atoms with van der Waals surface area (Å²) < 4.78 is 1.10. The summed E-state index contributed by atoms with van der Waals surface area (Å²) in [4.78, 5) is 18.1. The first-order valence-electron chi connectivity index (χ1n) is 7.49. The fourth-order valence-electron chi connectivity index (χ4n) is 2.32. The van der Waals surface area contributed by atoms with E-state index in [1.54, 1.807) is 11.8 Å². The number of anilines is 1. The van der Waals surface area contributed by atoms with Crippen molar-refractivity contribution in [2.45, 2.75) is 25.7 Å². The van der Waals surface area contributed by atoms with Crippen molar-refractivity contribution < 1.29 is 4.79 Å². The second-order valence-electron chi connectivity index (χ2n) is 5.28. The van der Waals surface area contributed by atoms with E-state index < -0.39 is 0 Å². The topological polar surface area (TPSA) is 42.0 Å². The Bertz CT molecular complexity index is 853. The van der Waals surface area contributed by atoms with Crippen LogP contribution in [0.5, 0.6) is 0 Å². The van der Waals surface area contributed by atoms with Crippen molar-refractivity contribution in [1.29, 1.82) is 0 Å². The zero-order valence-electron chi connectivity index (χ0n) is 13.3. The van der Waals surface area contributed by atoms with Crippen molar-refractivity contribution in [1.82, 2.24) is 4.98 Å². The third kappa shape index (κ3) is 3.41. The molecule has 23 heavy (non-hydrogen) atoms. The molecule has 118 valence electrons. The van der Waals surface area contributed by atoms with Gasteiger partial charge < -0.3 is 0 Å². The van der Waals surface area contributed by atoms with Crippen LogP contribution in [0.25, 0.3) is 10.2 Å². The summed E-state index contributed by atoms with van der Waals surface area (Å²) >= 11 is 3.27. The monoisotopic (exact) mass is 342 g/mol. The number of benzene rings is 2. The molecule has 0 spiro atoms. The van der Waals surface area contributed by atoms with E-state index in [4.69, 9.17) is 0 Å². The van der Waals surface area contributed by atoms with Gasteiger partial charge in [-0.25, -0.2) is 4.98 Å². The molecule has 0 saturated carbocycles. The summed E-state index contributed by atoms with van der Waals surface area (Å²) in [5, 5.41) is 3.55. The van der Waals surface area contributed by atoms with Crippen molar-refractivity contribution >= 4 is 44.4 Å². The van der Waals surface area contributed by atoms with Crippen LogP contribution < -0.4 is 5.32 Å². The largest absolute Gasteiger partial charge is 0.298 e. The second kappa shape index (κ2) is 6.72. The lowest BCUT2D eigenvalue weighted by Crippen LogP contribution is -2.11. The number of amides is 1. The van der Waals surface area contributed by atoms with Crippen LogP contribution in [-0.2, 0) is 0 Å². The molecule has 2 aromatic carbocycles. The Morgan fingerprint density at radius 3 is 2.61 bits per heavy atom. The van der Waals surface area contributed by atoms with Gasteiger partial charge in [0.05, 0.1) is 10.2 Å². The number of hydrogen-bond donors (Lipinski definition) is 1. The maximum Gasteiger partial charge on any atom is 0.257 e. The number of aromatic nitrogens is 1. The fourth-order valence-corrected chi connectivity index (χ4v) is 3.90. The highest BCUT2D eigenvalue weighted by Crippen LogP contribution is 2.30. The van der Waals surface area contributed by atoms with Gasteiger partial charge in [-0.2, -0.15) is 0 Å². The number of aryl methyl sites for hydroxylation is 2. The minimum absolute atomic E-state index is 0.119. The van der Waals surface area contributed by atoms with Gasteiger partial charge in [-0.1, -0.05) is 24.3 Å². The maximum atomic E-state index is 12.4. The van der Waals surface area contributed by atoms with E-state index in [1.807, 2.05) is 24.3 Å². The van der Waals surface area contributed by atoms with Crippen LogP contribution in [0.1, 0.15) is 28.4 Å². The number of hydrogen-bond acceptors (Lipinski definition) is 4. The van der Waals surface area contributed by atoms with Crippen LogP contribution in [0, 0.1) is 13.8 Å². The number of carbonyl (C=O) groups is 1.